The molecule has 0 saturated heterocycles. The van der Waals surface area contributed by atoms with Crippen molar-refractivity contribution in [3.8, 4) is 5.75 Å². The molecule has 0 bridgehead atoms. The van der Waals surface area contributed by atoms with Crippen LogP contribution in [0.2, 0.25) is 0 Å². The smallest absolute Gasteiger partial charge is 0.123 e. The first-order chi connectivity index (χ1) is 7.15. The highest BCUT2D eigenvalue weighted by Gasteiger charge is 2.29. The van der Waals surface area contributed by atoms with Crippen molar-refractivity contribution < 1.29 is 9.84 Å². The Hall–Kier alpha value is -0.190. The van der Waals surface area contributed by atoms with Crippen molar-refractivity contribution in [1.29, 1.82) is 0 Å². The molecular weight excluding hydrogens is 276 g/mol. The first-order valence-electron chi connectivity index (χ1n) is 4.80. The Bertz CT molecular complexity index is 381. The molecule has 15 heavy (non-hydrogen) atoms. The number of hydrogen-bond donors (Lipinski definition) is 1. The molecule has 1 N–H and O–H groups in total. The molecule has 4 heteroatoms. The second kappa shape index (κ2) is 4.36. The molecule has 2 nitrogen and oxygen atoms in total. The van der Waals surface area contributed by atoms with E-state index in [-0.39, 0.29) is 5.25 Å². The number of fused-ring (bicyclic) bond motifs is 1. The number of rotatable bonds is 1. The van der Waals surface area contributed by atoms with Gasteiger partial charge in [-0.15, -0.1) is 0 Å². The molecule has 0 amide bonds. The molecule has 0 aliphatic carbocycles. The van der Waals surface area contributed by atoms with Gasteiger partial charge in [0.15, 0.2) is 0 Å². The summed E-state index contributed by atoms with van der Waals surface area (Å²) >= 11 is 5.24. The lowest BCUT2D eigenvalue weighted by atomic mass is 10.00. The first kappa shape index (κ1) is 11.3. The maximum Gasteiger partial charge on any atom is 0.123 e. The summed E-state index contributed by atoms with van der Waals surface area (Å²) in [6, 6.07) is 3.87. The van der Waals surface area contributed by atoms with E-state index >= 15 is 0 Å². The van der Waals surface area contributed by atoms with Gasteiger partial charge in [-0.3, -0.25) is 0 Å². The van der Waals surface area contributed by atoms with Gasteiger partial charge in [-0.1, -0.05) is 22.9 Å². The largest absolute Gasteiger partial charge is 0.496 e. The van der Waals surface area contributed by atoms with Crippen molar-refractivity contribution in [2.75, 3.05) is 7.11 Å². The molecule has 82 valence electrons. The van der Waals surface area contributed by atoms with Crippen LogP contribution in [0.4, 0.5) is 0 Å². The van der Waals surface area contributed by atoms with Crippen LogP contribution in [-0.4, -0.2) is 17.5 Å². The third-order valence-corrected chi connectivity index (χ3v) is 4.64. The summed E-state index contributed by atoms with van der Waals surface area (Å²) in [5.41, 5.74) is 2.10. The Morgan fingerprint density at radius 3 is 2.93 bits per heavy atom. The van der Waals surface area contributed by atoms with Crippen molar-refractivity contribution in [2.24, 2.45) is 0 Å². The average molecular weight is 289 g/mol. The zero-order valence-corrected chi connectivity index (χ0v) is 11.1. The topological polar surface area (TPSA) is 29.5 Å². The fourth-order valence-electron chi connectivity index (χ4n) is 1.82. The van der Waals surface area contributed by atoms with Crippen molar-refractivity contribution in [2.45, 2.75) is 24.0 Å². The van der Waals surface area contributed by atoms with Crippen molar-refractivity contribution in [3.63, 3.8) is 0 Å². The summed E-state index contributed by atoms with van der Waals surface area (Å²) in [5.74, 6) is 1.77. The van der Waals surface area contributed by atoms with E-state index in [1.807, 2.05) is 19.1 Å². The Kier molecular flexibility index (Phi) is 3.28. The lowest BCUT2D eigenvalue weighted by Gasteiger charge is -2.29. The van der Waals surface area contributed by atoms with Crippen molar-refractivity contribution in [3.05, 3.63) is 27.7 Å². The van der Waals surface area contributed by atoms with Crippen LogP contribution in [0, 0.1) is 0 Å². The first-order valence-corrected chi connectivity index (χ1v) is 6.64. The van der Waals surface area contributed by atoms with Crippen LogP contribution in [0.3, 0.4) is 0 Å². The molecule has 2 atom stereocenters. The number of halogens is 1. The molecule has 0 aromatic heterocycles. The fourth-order valence-corrected chi connectivity index (χ4v) is 3.47. The van der Waals surface area contributed by atoms with Crippen LogP contribution in [0.1, 0.15) is 24.2 Å². The molecule has 1 aromatic carbocycles. The highest BCUT2D eigenvalue weighted by atomic mass is 79.9. The van der Waals surface area contributed by atoms with Gasteiger partial charge in [-0.2, -0.15) is 11.8 Å². The maximum atomic E-state index is 10.1. The quantitative estimate of drug-likeness (QED) is 0.861. The van der Waals surface area contributed by atoms with E-state index < -0.39 is 6.10 Å². The summed E-state index contributed by atoms with van der Waals surface area (Å²) in [5, 5.41) is 10.4. The summed E-state index contributed by atoms with van der Waals surface area (Å²) in [6.45, 7) is 2.05. The van der Waals surface area contributed by atoms with Gasteiger partial charge in [0.05, 0.1) is 13.2 Å². The molecule has 0 radical (unpaired) electrons. The van der Waals surface area contributed by atoms with E-state index in [9.17, 15) is 5.11 Å². The zero-order chi connectivity index (χ0) is 11.0. The number of aliphatic hydroxyl groups excluding tert-OH is 1. The Balaban J connectivity index is 2.56. The molecular formula is C11H13BrO2S. The van der Waals surface area contributed by atoms with Gasteiger partial charge in [-0.25, -0.2) is 0 Å². The van der Waals surface area contributed by atoms with Gasteiger partial charge in [0.1, 0.15) is 5.75 Å². The minimum absolute atomic E-state index is 0.237. The summed E-state index contributed by atoms with van der Waals surface area (Å²) in [6.07, 6.45) is -0.414. The van der Waals surface area contributed by atoms with Gasteiger partial charge in [0.25, 0.3) is 0 Å². The number of thioether (sulfide) groups is 1. The molecule has 1 aliphatic heterocycles. The number of benzene rings is 1. The van der Waals surface area contributed by atoms with Crippen LogP contribution in [0.25, 0.3) is 0 Å². The summed E-state index contributed by atoms with van der Waals surface area (Å²) in [4.78, 5) is 0. The monoisotopic (exact) mass is 288 g/mol. The second-order valence-electron chi connectivity index (χ2n) is 3.60. The molecule has 2 unspecified atom stereocenters. The van der Waals surface area contributed by atoms with E-state index in [0.717, 1.165) is 27.1 Å². The number of methoxy groups -OCH3 is 1. The SMILES string of the molecule is COc1ccc(Br)c2c1CSC(C)C2O. The molecule has 1 heterocycles. The third-order valence-electron chi connectivity index (χ3n) is 2.71. The van der Waals surface area contributed by atoms with Gasteiger partial charge in [0, 0.05) is 26.6 Å². The lowest BCUT2D eigenvalue weighted by molar-refractivity contribution is 0.175. The zero-order valence-electron chi connectivity index (χ0n) is 8.66. The van der Waals surface area contributed by atoms with Crippen LogP contribution >= 0.6 is 27.7 Å². The molecule has 0 saturated carbocycles. The van der Waals surface area contributed by atoms with E-state index in [1.165, 1.54) is 0 Å². The second-order valence-corrected chi connectivity index (χ2v) is 5.82. The highest BCUT2D eigenvalue weighted by molar-refractivity contribution is 9.10. The van der Waals surface area contributed by atoms with E-state index in [4.69, 9.17) is 4.74 Å². The highest BCUT2D eigenvalue weighted by Crippen LogP contribution is 2.44. The van der Waals surface area contributed by atoms with E-state index in [0.29, 0.717) is 0 Å². The third kappa shape index (κ3) is 1.90. The molecule has 2 rings (SSSR count). The van der Waals surface area contributed by atoms with Gasteiger partial charge < -0.3 is 9.84 Å². The average Bonchev–Trinajstić information content (AvgIpc) is 2.24. The summed E-state index contributed by atoms with van der Waals surface area (Å²) in [7, 11) is 1.67. The summed E-state index contributed by atoms with van der Waals surface area (Å²) < 4.78 is 6.28. The Morgan fingerprint density at radius 2 is 2.27 bits per heavy atom. The van der Waals surface area contributed by atoms with Crippen LogP contribution in [0.15, 0.2) is 16.6 Å². The Morgan fingerprint density at radius 1 is 1.53 bits per heavy atom. The van der Waals surface area contributed by atoms with Crippen LogP contribution in [-0.2, 0) is 5.75 Å². The molecule has 1 aliphatic rings. The van der Waals surface area contributed by atoms with Crippen molar-refractivity contribution in [1.82, 2.24) is 0 Å². The lowest BCUT2D eigenvalue weighted by Crippen LogP contribution is -2.19. The minimum Gasteiger partial charge on any atom is -0.496 e. The number of aliphatic hydroxyl groups is 1. The minimum atomic E-state index is -0.414. The number of hydrogen-bond acceptors (Lipinski definition) is 3. The molecule has 0 spiro atoms. The van der Waals surface area contributed by atoms with E-state index in [2.05, 4.69) is 15.9 Å². The fraction of sp³-hybridized carbons (Fsp3) is 0.455. The normalized spacial score (nSPS) is 24.8. The van der Waals surface area contributed by atoms with Crippen molar-refractivity contribution >= 4 is 27.7 Å². The van der Waals surface area contributed by atoms with E-state index in [1.54, 1.807) is 18.9 Å². The number of ether oxygens (including phenoxy) is 1. The predicted molar refractivity (Wildman–Crippen MR) is 66.4 cm³/mol. The standard InChI is InChI=1S/C11H13BrO2S/c1-6-11(13)10-7(5-15-6)9(14-2)4-3-8(10)12/h3-4,6,11,13H,5H2,1-2H3. The predicted octanol–water partition coefficient (Wildman–Crippen LogP) is 3.13. The van der Waals surface area contributed by atoms with Gasteiger partial charge >= 0.3 is 0 Å². The molecule has 1 aromatic rings. The van der Waals surface area contributed by atoms with Gasteiger partial charge in [0.2, 0.25) is 0 Å². The van der Waals surface area contributed by atoms with Crippen LogP contribution in [0.5, 0.6) is 5.75 Å². The van der Waals surface area contributed by atoms with Gasteiger partial charge in [-0.05, 0) is 12.1 Å². The molecule has 0 fully saturated rings. The van der Waals surface area contributed by atoms with Crippen LogP contribution < -0.4 is 4.74 Å². The maximum absolute atomic E-state index is 10.1. The Labute approximate surface area is 102 Å².